The van der Waals surface area contributed by atoms with Gasteiger partial charge >= 0.3 is 6.09 Å². The Kier molecular flexibility index (Phi) is 5.79. The van der Waals surface area contributed by atoms with E-state index in [1.807, 2.05) is 56.5 Å². The summed E-state index contributed by atoms with van der Waals surface area (Å²) < 4.78 is 5.54. The first kappa shape index (κ1) is 19.4. The van der Waals surface area contributed by atoms with Crippen LogP contribution in [0.3, 0.4) is 0 Å². The number of likely N-dealkylation sites (tertiary alicyclic amines) is 1. The van der Waals surface area contributed by atoms with Gasteiger partial charge in [-0.1, -0.05) is 18.2 Å². The van der Waals surface area contributed by atoms with E-state index < -0.39 is 17.7 Å². The van der Waals surface area contributed by atoms with Crippen LogP contribution in [0.25, 0.3) is 0 Å². The van der Waals surface area contributed by atoms with Gasteiger partial charge in [0.2, 0.25) is 0 Å². The largest absolute Gasteiger partial charge is 0.444 e. The van der Waals surface area contributed by atoms with Gasteiger partial charge in [-0.2, -0.15) is 0 Å². The molecule has 1 fully saturated rings. The van der Waals surface area contributed by atoms with Gasteiger partial charge in [0.15, 0.2) is 5.13 Å². The number of para-hydroxylation sites is 1. The molecule has 0 spiro atoms. The summed E-state index contributed by atoms with van der Waals surface area (Å²) in [5, 5.41) is 2.44. The van der Waals surface area contributed by atoms with Crippen molar-refractivity contribution in [2.75, 3.05) is 11.4 Å². The third-order valence-corrected chi connectivity index (χ3v) is 5.02. The first-order valence-electron chi connectivity index (χ1n) is 9.15. The van der Waals surface area contributed by atoms with Crippen molar-refractivity contribution in [1.29, 1.82) is 0 Å². The van der Waals surface area contributed by atoms with Gasteiger partial charge in [0.1, 0.15) is 11.6 Å². The van der Waals surface area contributed by atoms with Gasteiger partial charge < -0.3 is 4.74 Å². The van der Waals surface area contributed by atoms with E-state index in [2.05, 4.69) is 4.98 Å². The van der Waals surface area contributed by atoms with Crippen molar-refractivity contribution >= 4 is 34.2 Å². The van der Waals surface area contributed by atoms with Crippen molar-refractivity contribution in [3.8, 4) is 0 Å². The highest BCUT2D eigenvalue weighted by Gasteiger charge is 2.38. The number of nitrogens with zero attached hydrogens (tertiary/aromatic N) is 3. The average Bonchev–Trinajstić information content (AvgIpc) is 3.15. The fourth-order valence-electron chi connectivity index (χ4n) is 3.11. The molecule has 1 aromatic heterocycles. The van der Waals surface area contributed by atoms with E-state index in [9.17, 15) is 9.59 Å². The number of benzene rings is 1. The second-order valence-corrected chi connectivity index (χ2v) is 8.38. The Labute approximate surface area is 163 Å². The van der Waals surface area contributed by atoms with Crippen molar-refractivity contribution in [3.05, 3.63) is 41.9 Å². The van der Waals surface area contributed by atoms with Crippen LogP contribution in [0.5, 0.6) is 0 Å². The molecule has 1 saturated heterocycles. The highest BCUT2D eigenvalue weighted by atomic mass is 32.1. The fraction of sp³-hybridized carbons (Fsp3) is 0.450. The van der Waals surface area contributed by atoms with Crippen molar-refractivity contribution in [3.63, 3.8) is 0 Å². The van der Waals surface area contributed by atoms with Crippen LogP contribution in [0.4, 0.5) is 15.6 Å². The molecule has 0 bridgehead atoms. The lowest BCUT2D eigenvalue weighted by Crippen LogP contribution is -2.53. The summed E-state index contributed by atoms with van der Waals surface area (Å²) in [4.78, 5) is 33.7. The van der Waals surface area contributed by atoms with E-state index in [0.717, 1.165) is 18.5 Å². The summed E-state index contributed by atoms with van der Waals surface area (Å²) in [6.07, 6.45) is 3.62. The number of ether oxygens (including phenoxy) is 1. The maximum Gasteiger partial charge on any atom is 0.410 e. The molecule has 6 nitrogen and oxygen atoms in total. The Hall–Kier alpha value is -2.41. The van der Waals surface area contributed by atoms with Gasteiger partial charge in [-0.05, 0) is 52.2 Å². The van der Waals surface area contributed by atoms with Crippen molar-refractivity contribution in [1.82, 2.24) is 9.88 Å². The molecule has 2 aromatic rings. The topological polar surface area (TPSA) is 62.7 Å². The average molecular weight is 388 g/mol. The number of carbonyl (C=O) groups excluding carboxylic acids is 2. The predicted molar refractivity (Wildman–Crippen MR) is 106 cm³/mol. The molecule has 27 heavy (non-hydrogen) atoms. The maximum atomic E-state index is 13.5. The molecule has 1 aliphatic rings. The van der Waals surface area contributed by atoms with Crippen LogP contribution in [-0.4, -0.2) is 40.1 Å². The van der Waals surface area contributed by atoms with Crippen molar-refractivity contribution in [2.24, 2.45) is 0 Å². The van der Waals surface area contributed by atoms with Crippen LogP contribution in [0.1, 0.15) is 40.0 Å². The molecular formula is C20H25N3O3S. The Morgan fingerprint density at radius 3 is 2.59 bits per heavy atom. The van der Waals surface area contributed by atoms with Gasteiger partial charge in [0.05, 0.1) is 5.69 Å². The molecule has 1 atom stereocenters. The predicted octanol–water partition coefficient (Wildman–Crippen LogP) is 4.60. The van der Waals surface area contributed by atoms with E-state index in [4.69, 9.17) is 4.74 Å². The third-order valence-electron chi connectivity index (χ3n) is 4.26. The van der Waals surface area contributed by atoms with Crippen LogP contribution in [0.15, 0.2) is 41.9 Å². The molecule has 2 amide bonds. The standard InChI is InChI=1S/C20H25N3O3S/c1-20(2,3)26-19(25)22-13-8-7-11-16(22)17(24)23(18-21-12-14-27-18)15-9-5-4-6-10-15/h4-6,9-10,12,14,16H,7-8,11,13H2,1-3H3. The second kappa shape index (κ2) is 8.08. The van der Waals surface area contributed by atoms with Crippen molar-refractivity contribution in [2.45, 2.75) is 51.7 Å². The Morgan fingerprint density at radius 1 is 1.22 bits per heavy atom. The zero-order chi connectivity index (χ0) is 19.4. The molecule has 1 aromatic carbocycles. The number of anilines is 2. The number of piperidine rings is 1. The fourth-order valence-corrected chi connectivity index (χ4v) is 3.78. The molecular weight excluding hydrogens is 362 g/mol. The van der Waals surface area contributed by atoms with Gasteiger partial charge in [0.25, 0.3) is 5.91 Å². The van der Waals surface area contributed by atoms with E-state index in [0.29, 0.717) is 18.1 Å². The van der Waals surface area contributed by atoms with Gasteiger partial charge in [-0.3, -0.25) is 14.6 Å². The van der Waals surface area contributed by atoms with Gasteiger partial charge in [-0.25, -0.2) is 9.78 Å². The minimum Gasteiger partial charge on any atom is -0.444 e. The van der Waals surface area contributed by atoms with E-state index >= 15 is 0 Å². The lowest BCUT2D eigenvalue weighted by molar-refractivity contribution is -0.124. The molecule has 0 saturated carbocycles. The van der Waals surface area contributed by atoms with Crippen LogP contribution in [0, 0.1) is 0 Å². The van der Waals surface area contributed by atoms with E-state index in [-0.39, 0.29) is 5.91 Å². The number of hydrogen-bond donors (Lipinski definition) is 0. The van der Waals surface area contributed by atoms with Crippen LogP contribution >= 0.6 is 11.3 Å². The number of amides is 2. The minimum absolute atomic E-state index is 0.151. The first-order valence-corrected chi connectivity index (χ1v) is 10.0. The van der Waals surface area contributed by atoms with Gasteiger partial charge in [0, 0.05) is 18.1 Å². The summed E-state index contributed by atoms with van der Waals surface area (Å²) >= 11 is 1.40. The second-order valence-electron chi connectivity index (χ2n) is 7.51. The molecule has 2 heterocycles. The molecule has 0 N–H and O–H groups in total. The van der Waals surface area contributed by atoms with Crippen LogP contribution in [-0.2, 0) is 9.53 Å². The van der Waals surface area contributed by atoms with Crippen LogP contribution < -0.4 is 4.90 Å². The molecule has 1 unspecified atom stereocenters. The normalized spacial score (nSPS) is 17.4. The zero-order valence-electron chi connectivity index (χ0n) is 15.9. The van der Waals surface area contributed by atoms with Crippen LogP contribution in [0.2, 0.25) is 0 Å². The summed E-state index contributed by atoms with van der Waals surface area (Å²) in [5.74, 6) is -0.151. The van der Waals surface area contributed by atoms with E-state index in [1.165, 1.54) is 11.3 Å². The summed E-state index contributed by atoms with van der Waals surface area (Å²) in [5.41, 5.74) is 0.142. The molecule has 0 aliphatic carbocycles. The minimum atomic E-state index is -0.601. The number of hydrogen-bond acceptors (Lipinski definition) is 5. The number of carbonyl (C=O) groups is 2. The number of rotatable bonds is 3. The zero-order valence-corrected chi connectivity index (χ0v) is 16.7. The Bertz CT molecular complexity index is 772. The monoisotopic (exact) mass is 387 g/mol. The molecule has 7 heteroatoms. The SMILES string of the molecule is CC(C)(C)OC(=O)N1CCCCC1C(=O)N(c1ccccc1)c1nccs1. The first-order chi connectivity index (χ1) is 12.9. The highest BCUT2D eigenvalue weighted by molar-refractivity contribution is 7.13. The third kappa shape index (κ3) is 4.66. The lowest BCUT2D eigenvalue weighted by atomic mass is 10.0. The smallest absolute Gasteiger partial charge is 0.410 e. The highest BCUT2D eigenvalue weighted by Crippen LogP contribution is 2.31. The number of aromatic nitrogens is 1. The summed E-state index contributed by atoms with van der Waals surface area (Å²) in [7, 11) is 0. The molecule has 144 valence electrons. The molecule has 0 radical (unpaired) electrons. The van der Waals surface area contributed by atoms with E-state index in [1.54, 1.807) is 16.0 Å². The molecule has 3 rings (SSSR count). The lowest BCUT2D eigenvalue weighted by Gasteiger charge is -2.37. The summed E-state index contributed by atoms with van der Waals surface area (Å²) in [6, 6.07) is 8.87. The maximum absolute atomic E-state index is 13.5. The molecule has 1 aliphatic heterocycles. The van der Waals surface area contributed by atoms with Gasteiger partial charge in [-0.15, -0.1) is 11.3 Å². The Balaban J connectivity index is 1.90. The Morgan fingerprint density at radius 2 is 1.96 bits per heavy atom. The number of thiazole rings is 1. The van der Waals surface area contributed by atoms with Crippen molar-refractivity contribution < 1.29 is 14.3 Å². The quantitative estimate of drug-likeness (QED) is 0.772. The summed E-state index contributed by atoms with van der Waals surface area (Å²) in [6.45, 7) is 6.01.